The topological polar surface area (TPSA) is 92.3 Å². The Morgan fingerprint density at radius 3 is 2.21 bits per heavy atom. The number of aromatic nitrogens is 1. The second kappa shape index (κ2) is 11.8. The number of hydrogen-bond donors (Lipinski definition) is 0. The van der Waals surface area contributed by atoms with E-state index in [9.17, 15) is 13.2 Å². The third kappa shape index (κ3) is 5.96. The lowest BCUT2D eigenvalue weighted by molar-refractivity contribution is 0.0985. The molecule has 1 amide bonds. The van der Waals surface area contributed by atoms with Crippen LogP contribution in [-0.2, 0) is 10.0 Å². The molecule has 0 saturated carbocycles. The standard InChI is InChI=1S/C27H28N4O5S2.ClH/c1-29(2)13-14-31(27-28-22-17-23-24(18-25(22)37-27)36-16-15-35-23)26(32)19-9-11-21(12-10-19)38(33,34)30(3)20-7-5-4-6-8-20;/h4-12,17-18H,13-16H2,1-3H3;1H. The molecule has 5 rings (SSSR count). The summed E-state index contributed by atoms with van der Waals surface area (Å²) in [5.74, 6) is 1.05. The molecule has 9 nitrogen and oxygen atoms in total. The number of benzene rings is 3. The number of anilines is 2. The molecule has 0 radical (unpaired) electrons. The minimum atomic E-state index is -3.79. The lowest BCUT2D eigenvalue weighted by Gasteiger charge is -2.22. The Labute approximate surface area is 238 Å². The number of halogens is 1. The van der Waals surface area contributed by atoms with Crippen molar-refractivity contribution in [1.82, 2.24) is 9.88 Å². The van der Waals surface area contributed by atoms with E-state index in [0.29, 0.717) is 54.2 Å². The Balaban J connectivity index is 0.00000353. The Morgan fingerprint density at radius 2 is 1.56 bits per heavy atom. The summed E-state index contributed by atoms with van der Waals surface area (Å²) in [5.41, 5.74) is 1.65. The van der Waals surface area contributed by atoms with Crippen LogP contribution in [0.4, 0.5) is 10.8 Å². The maximum Gasteiger partial charge on any atom is 0.264 e. The van der Waals surface area contributed by atoms with Crippen LogP contribution in [0, 0.1) is 0 Å². The van der Waals surface area contributed by atoms with Gasteiger partial charge >= 0.3 is 0 Å². The average molecular weight is 589 g/mol. The van der Waals surface area contributed by atoms with Crippen LogP contribution in [0.3, 0.4) is 0 Å². The van der Waals surface area contributed by atoms with Crippen molar-refractivity contribution in [1.29, 1.82) is 0 Å². The molecule has 0 aliphatic carbocycles. The molecule has 0 spiro atoms. The lowest BCUT2D eigenvalue weighted by Crippen LogP contribution is -2.36. The molecule has 1 aliphatic heterocycles. The molecule has 1 aromatic heterocycles. The number of carbonyl (C=O) groups excluding carboxylic acids is 1. The quantitative estimate of drug-likeness (QED) is 0.299. The number of ether oxygens (including phenoxy) is 2. The second-order valence-electron chi connectivity index (χ2n) is 9.05. The van der Waals surface area contributed by atoms with Gasteiger partial charge in [0.15, 0.2) is 16.6 Å². The minimum Gasteiger partial charge on any atom is -0.486 e. The van der Waals surface area contributed by atoms with E-state index in [2.05, 4.69) is 0 Å². The van der Waals surface area contributed by atoms with E-state index >= 15 is 0 Å². The molecule has 1 aliphatic rings. The highest BCUT2D eigenvalue weighted by Gasteiger charge is 2.25. The van der Waals surface area contributed by atoms with Crippen molar-refractivity contribution in [2.24, 2.45) is 0 Å². The monoisotopic (exact) mass is 588 g/mol. The number of rotatable bonds is 8. The van der Waals surface area contributed by atoms with Crippen LogP contribution < -0.4 is 18.7 Å². The summed E-state index contributed by atoms with van der Waals surface area (Å²) in [6.45, 7) is 2.01. The van der Waals surface area contributed by atoms with Crippen molar-refractivity contribution >= 4 is 60.7 Å². The van der Waals surface area contributed by atoms with Crippen LogP contribution in [0.25, 0.3) is 10.2 Å². The number of fused-ring (bicyclic) bond motifs is 2. The van der Waals surface area contributed by atoms with E-state index in [1.807, 2.05) is 37.2 Å². The molecule has 0 bridgehead atoms. The highest BCUT2D eigenvalue weighted by molar-refractivity contribution is 7.92. The fraction of sp³-hybridized carbons (Fsp3) is 0.259. The molecule has 0 N–H and O–H groups in total. The number of thiazole rings is 1. The first-order valence-electron chi connectivity index (χ1n) is 12.0. The van der Waals surface area contributed by atoms with Gasteiger partial charge in [0.05, 0.1) is 20.8 Å². The third-order valence-corrected chi connectivity index (χ3v) is 9.01. The molecule has 0 saturated heterocycles. The van der Waals surface area contributed by atoms with Crippen molar-refractivity contribution in [3.63, 3.8) is 0 Å². The number of sulfonamides is 1. The summed E-state index contributed by atoms with van der Waals surface area (Å²) in [5, 5.41) is 0.551. The van der Waals surface area contributed by atoms with E-state index in [-0.39, 0.29) is 23.2 Å². The summed E-state index contributed by atoms with van der Waals surface area (Å²) < 4.78 is 39.8. The van der Waals surface area contributed by atoms with Crippen molar-refractivity contribution in [2.45, 2.75) is 4.90 Å². The van der Waals surface area contributed by atoms with Crippen LogP contribution in [0.5, 0.6) is 11.5 Å². The Morgan fingerprint density at radius 1 is 0.923 bits per heavy atom. The second-order valence-corrected chi connectivity index (χ2v) is 12.0. The summed E-state index contributed by atoms with van der Waals surface area (Å²) >= 11 is 1.40. The van der Waals surface area contributed by atoms with E-state index in [1.165, 1.54) is 34.8 Å². The van der Waals surface area contributed by atoms with Crippen molar-refractivity contribution < 1.29 is 22.7 Å². The van der Waals surface area contributed by atoms with Gasteiger partial charge in [-0.15, -0.1) is 12.4 Å². The van der Waals surface area contributed by atoms with Gasteiger partial charge in [-0.2, -0.15) is 0 Å². The maximum atomic E-state index is 13.7. The van der Waals surface area contributed by atoms with Crippen molar-refractivity contribution in [3.05, 3.63) is 72.3 Å². The number of nitrogens with zero attached hydrogens (tertiary/aromatic N) is 4. The molecule has 0 atom stereocenters. The van der Waals surface area contributed by atoms with E-state index in [1.54, 1.807) is 41.3 Å². The molecule has 3 aromatic carbocycles. The molecule has 206 valence electrons. The fourth-order valence-electron chi connectivity index (χ4n) is 4.01. The summed E-state index contributed by atoms with van der Waals surface area (Å²) in [7, 11) is 1.60. The minimum absolute atomic E-state index is 0. The summed E-state index contributed by atoms with van der Waals surface area (Å²) in [6, 6.07) is 18.6. The van der Waals surface area contributed by atoms with Crippen LogP contribution in [-0.4, -0.2) is 71.7 Å². The lowest BCUT2D eigenvalue weighted by atomic mass is 10.2. The van der Waals surface area contributed by atoms with Gasteiger partial charge in [0.25, 0.3) is 15.9 Å². The van der Waals surface area contributed by atoms with Gasteiger partial charge < -0.3 is 14.4 Å². The number of hydrogen-bond acceptors (Lipinski definition) is 8. The van der Waals surface area contributed by atoms with Gasteiger partial charge in [0, 0.05) is 37.8 Å². The summed E-state index contributed by atoms with van der Waals surface area (Å²) in [6.07, 6.45) is 0. The van der Waals surface area contributed by atoms with Gasteiger partial charge in [-0.05, 0) is 50.5 Å². The fourth-order valence-corrected chi connectivity index (χ4v) is 6.21. The Hall–Kier alpha value is -3.38. The van der Waals surface area contributed by atoms with Crippen LogP contribution in [0.1, 0.15) is 10.4 Å². The van der Waals surface area contributed by atoms with Gasteiger partial charge in [-0.3, -0.25) is 14.0 Å². The zero-order valence-corrected chi connectivity index (χ0v) is 24.2. The van der Waals surface area contributed by atoms with Gasteiger partial charge in [0.2, 0.25) is 0 Å². The van der Waals surface area contributed by atoms with E-state index in [0.717, 1.165) is 10.2 Å². The van der Waals surface area contributed by atoms with Gasteiger partial charge in [-0.1, -0.05) is 29.5 Å². The molecule has 2 heterocycles. The maximum absolute atomic E-state index is 13.7. The SMILES string of the molecule is CN(C)CCN(C(=O)c1ccc(S(=O)(=O)N(C)c2ccccc2)cc1)c1nc2cc3c(cc2s1)OCCO3.Cl. The third-order valence-electron chi connectivity index (χ3n) is 6.17. The predicted octanol–water partition coefficient (Wildman–Crippen LogP) is 4.52. The molecule has 4 aromatic rings. The zero-order chi connectivity index (χ0) is 26.9. The first kappa shape index (κ1) is 28.6. The number of carbonyl (C=O) groups is 1. The smallest absolute Gasteiger partial charge is 0.264 e. The van der Waals surface area contributed by atoms with Gasteiger partial charge in [0.1, 0.15) is 13.2 Å². The highest BCUT2D eigenvalue weighted by Crippen LogP contribution is 2.39. The van der Waals surface area contributed by atoms with E-state index in [4.69, 9.17) is 14.5 Å². The van der Waals surface area contributed by atoms with Crippen LogP contribution in [0.2, 0.25) is 0 Å². The predicted molar refractivity (Wildman–Crippen MR) is 157 cm³/mol. The molecular formula is C27H29ClN4O5S2. The molecule has 0 unspecified atom stereocenters. The Bertz CT molecular complexity index is 1520. The summed E-state index contributed by atoms with van der Waals surface area (Å²) in [4.78, 5) is 22.1. The first-order chi connectivity index (χ1) is 18.2. The largest absolute Gasteiger partial charge is 0.486 e. The molecule has 0 fully saturated rings. The number of para-hydroxylation sites is 1. The van der Waals surface area contributed by atoms with Crippen molar-refractivity contribution in [2.75, 3.05) is 56.7 Å². The Kier molecular flexibility index (Phi) is 8.65. The molecule has 39 heavy (non-hydrogen) atoms. The number of likely N-dealkylation sites (N-methyl/N-ethyl adjacent to an activating group) is 1. The van der Waals surface area contributed by atoms with Crippen LogP contribution in [0.15, 0.2) is 71.6 Å². The van der Waals surface area contributed by atoms with E-state index < -0.39 is 10.0 Å². The first-order valence-corrected chi connectivity index (χ1v) is 14.3. The van der Waals surface area contributed by atoms with Crippen LogP contribution >= 0.6 is 23.7 Å². The van der Waals surface area contributed by atoms with Gasteiger partial charge in [-0.25, -0.2) is 13.4 Å². The zero-order valence-electron chi connectivity index (χ0n) is 21.7. The van der Waals surface area contributed by atoms with Crippen molar-refractivity contribution in [3.8, 4) is 11.5 Å². The highest BCUT2D eigenvalue weighted by atomic mass is 35.5. The normalized spacial score (nSPS) is 12.7. The molecule has 12 heteroatoms. The molecular weight excluding hydrogens is 560 g/mol. The average Bonchev–Trinajstić information content (AvgIpc) is 3.34. The number of amides is 1.